The molecule has 0 bridgehead atoms. The molecule has 0 atom stereocenters. The van der Waals surface area contributed by atoms with Crippen LogP contribution >= 0.6 is 0 Å². The number of para-hydroxylation sites is 1. The Morgan fingerprint density at radius 3 is 2.40 bits per heavy atom. The van der Waals surface area contributed by atoms with E-state index in [1.807, 2.05) is 6.07 Å². The van der Waals surface area contributed by atoms with Gasteiger partial charge in [0.15, 0.2) is 0 Å². The first-order chi connectivity index (χ1) is 9.62. The smallest absolute Gasteiger partial charge is 0.412 e. The van der Waals surface area contributed by atoms with Crippen LogP contribution < -0.4 is 10.1 Å². The number of nitrogens with one attached hydrogen (secondary N) is 1. The van der Waals surface area contributed by atoms with Gasteiger partial charge < -0.3 is 15.2 Å². The van der Waals surface area contributed by atoms with Gasteiger partial charge in [0.05, 0.1) is 5.41 Å². The Hall–Kier alpha value is -2.04. The van der Waals surface area contributed by atoms with E-state index in [4.69, 9.17) is 4.74 Å². The fraction of sp³-hybridized carbons (Fsp3) is 0.467. The Morgan fingerprint density at radius 1 is 1.15 bits per heavy atom. The lowest BCUT2D eigenvalue weighted by Crippen LogP contribution is -2.45. The Bertz CT molecular complexity index is 466. The minimum absolute atomic E-state index is 0.119. The summed E-state index contributed by atoms with van der Waals surface area (Å²) in [6, 6.07) is 8.71. The highest BCUT2D eigenvalue weighted by Gasteiger charge is 2.39. The first kappa shape index (κ1) is 14.4. The number of carboxylic acids is 1. The van der Waals surface area contributed by atoms with Gasteiger partial charge in [0, 0.05) is 6.54 Å². The van der Waals surface area contributed by atoms with Crippen molar-refractivity contribution in [3.8, 4) is 5.75 Å². The fourth-order valence-corrected chi connectivity index (χ4v) is 2.57. The molecular formula is C15H19NO4. The highest BCUT2D eigenvalue weighted by molar-refractivity contribution is 5.77. The summed E-state index contributed by atoms with van der Waals surface area (Å²) < 4.78 is 5.09. The Morgan fingerprint density at radius 2 is 1.80 bits per heavy atom. The van der Waals surface area contributed by atoms with Gasteiger partial charge in [0.25, 0.3) is 0 Å². The van der Waals surface area contributed by atoms with Crippen molar-refractivity contribution in [3.63, 3.8) is 0 Å². The first-order valence-corrected chi connectivity index (χ1v) is 6.87. The van der Waals surface area contributed by atoms with Crippen molar-refractivity contribution < 1.29 is 19.4 Å². The van der Waals surface area contributed by atoms with Crippen LogP contribution in [0.3, 0.4) is 0 Å². The van der Waals surface area contributed by atoms with Crippen LogP contribution in [-0.4, -0.2) is 23.7 Å². The van der Waals surface area contributed by atoms with Crippen LogP contribution in [0, 0.1) is 5.41 Å². The van der Waals surface area contributed by atoms with E-state index >= 15 is 0 Å². The summed E-state index contributed by atoms with van der Waals surface area (Å²) in [5.74, 6) is -0.393. The summed E-state index contributed by atoms with van der Waals surface area (Å²) in [6.07, 6.45) is 3.44. The third-order valence-corrected chi connectivity index (χ3v) is 3.79. The molecule has 0 saturated heterocycles. The molecule has 2 rings (SSSR count). The number of ether oxygens (including phenoxy) is 1. The number of amides is 1. The van der Waals surface area contributed by atoms with Crippen molar-refractivity contribution in [3.05, 3.63) is 30.3 Å². The van der Waals surface area contributed by atoms with Crippen LogP contribution in [0.15, 0.2) is 30.3 Å². The number of carbonyl (C=O) groups is 2. The van der Waals surface area contributed by atoms with Crippen molar-refractivity contribution in [2.75, 3.05) is 6.54 Å². The second kappa shape index (κ2) is 6.41. The third kappa shape index (κ3) is 3.50. The summed E-state index contributed by atoms with van der Waals surface area (Å²) in [6.45, 7) is 0.119. The molecule has 1 amide bonds. The molecule has 20 heavy (non-hydrogen) atoms. The summed E-state index contributed by atoms with van der Waals surface area (Å²) in [5, 5.41) is 12.0. The summed E-state index contributed by atoms with van der Waals surface area (Å²) >= 11 is 0. The minimum Gasteiger partial charge on any atom is -0.481 e. The lowest BCUT2D eigenvalue weighted by atomic mass is 9.74. The van der Waals surface area contributed by atoms with Crippen LogP contribution in [0.1, 0.15) is 32.1 Å². The zero-order chi connectivity index (χ0) is 14.4. The highest BCUT2D eigenvalue weighted by Crippen LogP contribution is 2.36. The Kier molecular flexibility index (Phi) is 4.61. The number of rotatable bonds is 4. The molecule has 5 nitrogen and oxygen atoms in total. The number of hydrogen-bond acceptors (Lipinski definition) is 3. The maximum absolute atomic E-state index is 11.7. The molecule has 1 aromatic carbocycles. The van der Waals surface area contributed by atoms with E-state index in [0.717, 1.165) is 19.3 Å². The van der Waals surface area contributed by atoms with Gasteiger partial charge in [-0.05, 0) is 25.0 Å². The van der Waals surface area contributed by atoms with Crippen LogP contribution in [0.25, 0.3) is 0 Å². The molecule has 108 valence electrons. The van der Waals surface area contributed by atoms with E-state index in [9.17, 15) is 14.7 Å². The quantitative estimate of drug-likeness (QED) is 0.887. The van der Waals surface area contributed by atoms with Crippen molar-refractivity contribution in [2.24, 2.45) is 5.41 Å². The molecule has 1 saturated carbocycles. The molecule has 1 aliphatic rings. The van der Waals surface area contributed by atoms with Gasteiger partial charge in [0.2, 0.25) is 0 Å². The molecule has 1 aromatic rings. The fourth-order valence-electron chi connectivity index (χ4n) is 2.57. The highest BCUT2D eigenvalue weighted by atomic mass is 16.6. The van der Waals surface area contributed by atoms with Crippen molar-refractivity contribution >= 4 is 12.1 Å². The van der Waals surface area contributed by atoms with Gasteiger partial charge in [0.1, 0.15) is 5.75 Å². The summed E-state index contributed by atoms with van der Waals surface area (Å²) in [7, 11) is 0. The van der Waals surface area contributed by atoms with Crippen LogP contribution in [-0.2, 0) is 4.79 Å². The SMILES string of the molecule is O=C(NCC1(C(=O)O)CCCCC1)Oc1ccccc1. The maximum Gasteiger partial charge on any atom is 0.412 e. The number of hydrogen-bond donors (Lipinski definition) is 2. The molecule has 0 aliphatic heterocycles. The predicted octanol–water partition coefficient (Wildman–Crippen LogP) is 2.81. The van der Waals surface area contributed by atoms with E-state index in [1.165, 1.54) is 0 Å². The third-order valence-electron chi connectivity index (χ3n) is 3.79. The minimum atomic E-state index is -0.839. The number of carboxylic acid groups (broad SMARTS) is 1. The molecule has 1 aliphatic carbocycles. The average Bonchev–Trinajstić information content (AvgIpc) is 2.47. The van der Waals surface area contributed by atoms with Crippen molar-refractivity contribution in [2.45, 2.75) is 32.1 Å². The van der Waals surface area contributed by atoms with Gasteiger partial charge in [-0.2, -0.15) is 0 Å². The number of carbonyl (C=O) groups excluding carboxylic acids is 1. The van der Waals surface area contributed by atoms with E-state index in [1.54, 1.807) is 24.3 Å². The van der Waals surface area contributed by atoms with Crippen LogP contribution in [0.5, 0.6) is 5.75 Å². The van der Waals surface area contributed by atoms with E-state index in [2.05, 4.69) is 5.32 Å². The Balaban J connectivity index is 1.89. The zero-order valence-electron chi connectivity index (χ0n) is 11.3. The zero-order valence-corrected chi connectivity index (χ0v) is 11.3. The molecule has 2 N–H and O–H groups in total. The second-order valence-corrected chi connectivity index (χ2v) is 5.20. The van der Waals surface area contributed by atoms with Crippen molar-refractivity contribution in [1.82, 2.24) is 5.32 Å². The molecule has 5 heteroatoms. The summed E-state index contributed by atoms with van der Waals surface area (Å²) in [4.78, 5) is 23.1. The molecule has 1 fully saturated rings. The lowest BCUT2D eigenvalue weighted by molar-refractivity contribution is -0.150. The molecule has 0 aromatic heterocycles. The average molecular weight is 277 g/mol. The standard InChI is InChI=1S/C15H19NO4/c17-13(18)15(9-5-2-6-10-15)11-16-14(19)20-12-7-3-1-4-8-12/h1,3-4,7-8H,2,5-6,9-11H2,(H,16,19)(H,17,18). The van der Waals surface area contributed by atoms with Gasteiger partial charge in [-0.3, -0.25) is 4.79 Å². The number of benzene rings is 1. The maximum atomic E-state index is 11.7. The van der Waals surface area contributed by atoms with Crippen molar-refractivity contribution in [1.29, 1.82) is 0 Å². The van der Waals surface area contributed by atoms with E-state index < -0.39 is 17.5 Å². The van der Waals surface area contributed by atoms with E-state index in [0.29, 0.717) is 18.6 Å². The van der Waals surface area contributed by atoms with Gasteiger partial charge in [-0.15, -0.1) is 0 Å². The van der Waals surface area contributed by atoms with Gasteiger partial charge >= 0.3 is 12.1 Å². The normalized spacial score (nSPS) is 17.2. The second-order valence-electron chi connectivity index (χ2n) is 5.20. The Labute approximate surface area is 117 Å². The molecule has 0 unspecified atom stereocenters. The largest absolute Gasteiger partial charge is 0.481 e. The van der Waals surface area contributed by atoms with E-state index in [-0.39, 0.29) is 6.54 Å². The molecule has 0 spiro atoms. The van der Waals surface area contributed by atoms with Crippen LogP contribution in [0.2, 0.25) is 0 Å². The molecule has 0 heterocycles. The lowest BCUT2D eigenvalue weighted by Gasteiger charge is -2.32. The number of aliphatic carboxylic acids is 1. The molecular weight excluding hydrogens is 258 g/mol. The molecule has 0 radical (unpaired) electrons. The monoisotopic (exact) mass is 277 g/mol. The van der Waals surface area contributed by atoms with Crippen LogP contribution in [0.4, 0.5) is 4.79 Å². The predicted molar refractivity (Wildman–Crippen MR) is 73.6 cm³/mol. The van der Waals surface area contributed by atoms with Gasteiger partial charge in [-0.1, -0.05) is 37.5 Å². The summed E-state index contributed by atoms with van der Waals surface area (Å²) in [5.41, 5.74) is -0.839. The first-order valence-electron chi connectivity index (χ1n) is 6.87. The van der Waals surface area contributed by atoms with Gasteiger partial charge in [-0.25, -0.2) is 4.79 Å². The topological polar surface area (TPSA) is 75.6 Å².